The molecule has 3 heterocycles. The molecule has 0 saturated carbocycles. The fourth-order valence-corrected chi connectivity index (χ4v) is 4.33. The van der Waals surface area contributed by atoms with E-state index in [0.29, 0.717) is 6.04 Å². The molecule has 0 amide bonds. The molecule has 0 bridgehead atoms. The first-order valence-electron chi connectivity index (χ1n) is 10.3. The van der Waals surface area contributed by atoms with E-state index in [0.717, 1.165) is 57.2 Å². The Morgan fingerprint density at radius 1 is 1.24 bits per heavy atom. The molecular formula is C22H34IN5S. The maximum Gasteiger partial charge on any atom is 0.191 e. The van der Waals surface area contributed by atoms with Crippen LogP contribution in [0.4, 0.5) is 0 Å². The summed E-state index contributed by atoms with van der Waals surface area (Å²) in [6, 6.07) is 10.9. The fraction of sp³-hybridized carbons (Fsp3) is 0.545. The number of piperidine rings is 1. The van der Waals surface area contributed by atoms with Gasteiger partial charge in [0.15, 0.2) is 5.96 Å². The van der Waals surface area contributed by atoms with Crippen LogP contribution in [-0.2, 0) is 12.0 Å². The van der Waals surface area contributed by atoms with Gasteiger partial charge in [-0.3, -0.25) is 14.9 Å². The minimum Gasteiger partial charge on any atom is -0.357 e. The summed E-state index contributed by atoms with van der Waals surface area (Å²) in [5, 5.41) is 9.22. The van der Waals surface area contributed by atoms with Gasteiger partial charge in [0.05, 0.1) is 12.2 Å². The van der Waals surface area contributed by atoms with Crippen molar-refractivity contribution in [3.63, 3.8) is 0 Å². The highest BCUT2D eigenvalue weighted by Gasteiger charge is 2.23. The molecule has 1 saturated heterocycles. The summed E-state index contributed by atoms with van der Waals surface area (Å²) in [6.45, 7) is 11.4. The lowest BCUT2D eigenvalue weighted by Crippen LogP contribution is -2.48. The van der Waals surface area contributed by atoms with Gasteiger partial charge >= 0.3 is 0 Å². The lowest BCUT2D eigenvalue weighted by molar-refractivity contribution is 0.196. The van der Waals surface area contributed by atoms with Crippen LogP contribution in [0.5, 0.6) is 0 Å². The summed E-state index contributed by atoms with van der Waals surface area (Å²) in [4.78, 5) is 13.2. The van der Waals surface area contributed by atoms with Crippen molar-refractivity contribution in [1.82, 2.24) is 20.5 Å². The monoisotopic (exact) mass is 527 g/mol. The van der Waals surface area contributed by atoms with E-state index >= 15 is 0 Å². The second-order valence-corrected chi connectivity index (χ2v) is 9.02. The van der Waals surface area contributed by atoms with Crippen LogP contribution < -0.4 is 10.6 Å². The van der Waals surface area contributed by atoms with Crippen molar-refractivity contribution in [1.29, 1.82) is 0 Å². The molecule has 0 unspecified atom stereocenters. The van der Waals surface area contributed by atoms with E-state index in [1.807, 2.05) is 23.6 Å². The summed E-state index contributed by atoms with van der Waals surface area (Å²) in [7, 11) is 0. The second kappa shape index (κ2) is 11.9. The van der Waals surface area contributed by atoms with Crippen LogP contribution in [0.3, 0.4) is 0 Å². The normalized spacial score (nSPS) is 16.3. The van der Waals surface area contributed by atoms with Gasteiger partial charge in [0, 0.05) is 48.7 Å². The Labute approximate surface area is 196 Å². The lowest BCUT2D eigenvalue weighted by Gasteiger charge is -2.33. The first kappa shape index (κ1) is 24.1. The van der Waals surface area contributed by atoms with Gasteiger partial charge in [0.2, 0.25) is 0 Å². The molecule has 0 aromatic carbocycles. The maximum atomic E-state index is 4.90. The number of pyridine rings is 1. The van der Waals surface area contributed by atoms with Crippen molar-refractivity contribution in [3.8, 4) is 0 Å². The largest absolute Gasteiger partial charge is 0.357 e. The van der Waals surface area contributed by atoms with Crippen LogP contribution in [0.1, 0.15) is 44.2 Å². The van der Waals surface area contributed by atoms with Gasteiger partial charge in [-0.05, 0) is 43.3 Å². The van der Waals surface area contributed by atoms with E-state index in [1.165, 1.54) is 4.88 Å². The Hall–Kier alpha value is -1.19. The van der Waals surface area contributed by atoms with E-state index in [4.69, 9.17) is 4.99 Å². The minimum absolute atomic E-state index is 0. The highest BCUT2D eigenvalue weighted by atomic mass is 127. The molecule has 2 aromatic heterocycles. The van der Waals surface area contributed by atoms with Gasteiger partial charge < -0.3 is 10.6 Å². The highest BCUT2D eigenvalue weighted by Crippen LogP contribution is 2.27. The first-order chi connectivity index (χ1) is 13.6. The molecule has 29 heavy (non-hydrogen) atoms. The van der Waals surface area contributed by atoms with Gasteiger partial charge in [-0.2, -0.15) is 0 Å². The van der Waals surface area contributed by atoms with Gasteiger partial charge in [0.25, 0.3) is 0 Å². The van der Waals surface area contributed by atoms with Crippen LogP contribution in [0.15, 0.2) is 46.9 Å². The quantitative estimate of drug-likeness (QED) is 0.321. The Morgan fingerprint density at radius 3 is 2.66 bits per heavy atom. The van der Waals surface area contributed by atoms with Crippen LogP contribution in [-0.4, -0.2) is 48.1 Å². The predicted octanol–water partition coefficient (Wildman–Crippen LogP) is 4.26. The zero-order valence-corrected chi connectivity index (χ0v) is 20.9. The molecule has 0 atom stereocenters. The summed E-state index contributed by atoms with van der Waals surface area (Å²) < 4.78 is 0. The van der Waals surface area contributed by atoms with Crippen LogP contribution in [0.2, 0.25) is 0 Å². The molecule has 1 aliphatic rings. The molecule has 0 radical (unpaired) electrons. The lowest BCUT2D eigenvalue weighted by atomic mass is 9.92. The minimum atomic E-state index is 0. The van der Waals surface area contributed by atoms with E-state index < -0.39 is 0 Å². The molecule has 7 heteroatoms. The van der Waals surface area contributed by atoms with E-state index in [-0.39, 0.29) is 29.4 Å². The van der Waals surface area contributed by atoms with Crippen molar-refractivity contribution >= 4 is 41.3 Å². The number of likely N-dealkylation sites (tertiary alicyclic amines) is 1. The SMILES string of the molecule is CCNC(=NCC(C)(C)c1cccs1)NC1CCN(Cc2ccccn2)CC1.I. The number of halogens is 1. The summed E-state index contributed by atoms with van der Waals surface area (Å²) in [5.41, 5.74) is 1.21. The third-order valence-electron chi connectivity index (χ3n) is 5.21. The van der Waals surface area contributed by atoms with E-state index in [9.17, 15) is 0 Å². The average molecular weight is 528 g/mol. The third-order valence-corrected chi connectivity index (χ3v) is 6.44. The molecular weight excluding hydrogens is 493 g/mol. The van der Waals surface area contributed by atoms with Crippen molar-refractivity contribution in [3.05, 3.63) is 52.5 Å². The maximum absolute atomic E-state index is 4.90. The Balaban J connectivity index is 0.00000300. The number of thiophene rings is 1. The Kier molecular flexibility index (Phi) is 9.85. The van der Waals surface area contributed by atoms with Gasteiger partial charge in [-0.25, -0.2) is 0 Å². The topological polar surface area (TPSA) is 52.6 Å². The van der Waals surface area contributed by atoms with E-state index in [1.54, 1.807) is 0 Å². The Morgan fingerprint density at radius 2 is 2.03 bits per heavy atom. The molecule has 5 nitrogen and oxygen atoms in total. The van der Waals surface area contributed by atoms with Gasteiger partial charge in [-0.15, -0.1) is 35.3 Å². The third kappa shape index (κ3) is 7.53. The second-order valence-electron chi connectivity index (χ2n) is 8.07. The number of hydrogen-bond acceptors (Lipinski definition) is 4. The zero-order valence-electron chi connectivity index (χ0n) is 17.7. The number of nitrogens with zero attached hydrogens (tertiary/aromatic N) is 3. The molecule has 2 N–H and O–H groups in total. The van der Waals surface area contributed by atoms with Crippen molar-refractivity contribution < 1.29 is 0 Å². The molecule has 1 aliphatic heterocycles. The molecule has 160 valence electrons. The van der Waals surface area contributed by atoms with Gasteiger partial charge in [0.1, 0.15) is 0 Å². The zero-order chi connectivity index (χ0) is 19.8. The number of aliphatic imine (C=N–C) groups is 1. The standard InChI is InChI=1S/C22H33N5S.HI/c1-4-23-21(25-17-22(2,3)20-9-7-15-28-20)26-18-10-13-27(14-11-18)16-19-8-5-6-12-24-19;/h5-9,12,15,18H,4,10-11,13-14,16-17H2,1-3H3,(H2,23,25,26);1H. The smallest absolute Gasteiger partial charge is 0.191 e. The predicted molar refractivity (Wildman–Crippen MR) is 134 cm³/mol. The van der Waals surface area contributed by atoms with Crippen molar-refractivity contribution in [2.75, 3.05) is 26.2 Å². The first-order valence-corrected chi connectivity index (χ1v) is 11.2. The summed E-state index contributed by atoms with van der Waals surface area (Å²) >= 11 is 1.81. The average Bonchev–Trinajstić information content (AvgIpc) is 3.25. The van der Waals surface area contributed by atoms with Crippen molar-refractivity contribution in [2.45, 2.75) is 51.6 Å². The van der Waals surface area contributed by atoms with E-state index in [2.05, 4.69) is 70.9 Å². The fourth-order valence-electron chi connectivity index (χ4n) is 3.49. The molecule has 0 aliphatic carbocycles. The highest BCUT2D eigenvalue weighted by molar-refractivity contribution is 14.0. The number of guanidine groups is 1. The number of nitrogens with one attached hydrogen (secondary N) is 2. The van der Waals surface area contributed by atoms with Crippen LogP contribution in [0.25, 0.3) is 0 Å². The molecule has 0 spiro atoms. The number of aromatic nitrogens is 1. The molecule has 3 rings (SSSR count). The Bertz CT molecular complexity index is 725. The summed E-state index contributed by atoms with van der Waals surface area (Å²) in [6.07, 6.45) is 4.14. The molecule has 2 aromatic rings. The number of hydrogen-bond donors (Lipinski definition) is 2. The molecule has 1 fully saturated rings. The van der Waals surface area contributed by atoms with Crippen LogP contribution in [0, 0.1) is 0 Å². The summed E-state index contributed by atoms with van der Waals surface area (Å²) in [5.74, 6) is 0.940. The van der Waals surface area contributed by atoms with Gasteiger partial charge in [-0.1, -0.05) is 26.0 Å². The van der Waals surface area contributed by atoms with Crippen LogP contribution >= 0.6 is 35.3 Å². The van der Waals surface area contributed by atoms with Crippen molar-refractivity contribution in [2.24, 2.45) is 4.99 Å². The number of rotatable bonds is 7.